The number of aromatic nitrogens is 1. The van der Waals surface area contributed by atoms with Crippen LogP contribution in [-0.4, -0.2) is 47.5 Å². The zero-order valence-corrected chi connectivity index (χ0v) is 15.1. The highest BCUT2D eigenvalue weighted by atomic mass is 32.1. The smallest absolute Gasteiger partial charge is 0.107 e. The number of nitrogens with zero attached hydrogens (tertiary/aromatic N) is 3. The summed E-state index contributed by atoms with van der Waals surface area (Å²) in [6, 6.07) is 0.797. The van der Waals surface area contributed by atoms with Gasteiger partial charge in [-0.1, -0.05) is 12.2 Å². The highest BCUT2D eigenvalue weighted by Gasteiger charge is 2.56. The number of rotatable bonds is 5. The van der Waals surface area contributed by atoms with Gasteiger partial charge in [-0.15, -0.1) is 11.3 Å². The summed E-state index contributed by atoms with van der Waals surface area (Å²) in [4.78, 5) is 9.74. The van der Waals surface area contributed by atoms with E-state index in [1.807, 2.05) is 6.20 Å². The van der Waals surface area contributed by atoms with Crippen molar-refractivity contribution in [2.24, 2.45) is 11.3 Å². The van der Waals surface area contributed by atoms with Crippen molar-refractivity contribution in [1.82, 2.24) is 14.8 Å². The van der Waals surface area contributed by atoms with E-state index < -0.39 is 0 Å². The van der Waals surface area contributed by atoms with Crippen molar-refractivity contribution in [2.75, 3.05) is 26.7 Å². The van der Waals surface area contributed by atoms with E-state index in [1.165, 1.54) is 63.2 Å². The molecule has 0 radical (unpaired) electrons. The molecule has 1 aromatic rings. The molecule has 126 valence electrons. The first-order valence-corrected chi connectivity index (χ1v) is 10.1. The second-order valence-electron chi connectivity index (χ2n) is 7.87. The summed E-state index contributed by atoms with van der Waals surface area (Å²) in [6.45, 7) is 5.01. The number of thiazole rings is 1. The third kappa shape index (κ3) is 3.54. The first-order valence-electron chi connectivity index (χ1n) is 9.21. The van der Waals surface area contributed by atoms with E-state index in [4.69, 9.17) is 0 Å². The van der Waals surface area contributed by atoms with Gasteiger partial charge in [0.1, 0.15) is 5.01 Å². The van der Waals surface area contributed by atoms with Crippen LogP contribution in [0.4, 0.5) is 0 Å². The van der Waals surface area contributed by atoms with Crippen molar-refractivity contribution in [3.05, 3.63) is 28.7 Å². The minimum absolute atomic E-state index is 0.634. The summed E-state index contributed by atoms with van der Waals surface area (Å²) in [5, 5.41) is 3.35. The molecule has 0 unspecified atom stereocenters. The highest BCUT2D eigenvalue weighted by molar-refractivity contribution is 7.09. The molecule has 2 aliphatic carbocycles. The normalized spacial score (nSPS) is 30.2. The summed E-state index contributed by atoms with van der Waals surface area (Å²) in [5.41, 5.74) is 0.634. The molecule has 0 bridgehead atoms. The van der Waals surface area contributed by atoms with Gasteiger partial charge in [0.2, 0.25) is 0 Å². The van der Waals surface area contributed by atoms with Crippen LogP contribution in [0.15, 0.2) is 23.7 Å². The number of hydrogen-bond donors (Lipinski definition) is 0. The molecule has 1 aromatic heterocycles. The third-order valence-corrected chi connectivity index (χ3v) is 7.06. The monoisotopic (exact) mass is 331 g/mol. The minimum atomic E-state index is 0.634. The predicted octanol–water partition coefficient (Wildman–Crippen LogP) is 3.79. The second-order valence-corrected chi connectivity index (χ2v) is 8.85. The molecule has 0 amide bonds. The van der Waals surface area contributed by atoms with E-state index >= 15 is 0 Å². The van der Waals surface area contributed by atoms with Gasteiger partial charge in [0.25, 0.3) is 0 Å². The van der Waals surface area contributed by atoms with Crippen LogP contribution in [0.5, 0.6) is 0 Å². The summed E-state index contributed by atoms with van der Waals surface area (Å²) < 4.78 is 0. The lowest BCUT2D eigenvalue weighted by Crippen LogP contribution is -2.40. The molecule has 1 aliphatic heterocycles. The Bertz CT molecular complexity index is 531. The van der Waals surface area contributed by atoms with Gasteiger partial charge in [0, 0.05) is 24.2 Å². The standard InChI is InChI=1S/C19H29N3S/c1-21(15-18-20-9-12-23-18)17-13-19(17)7-10-22(11-8-19)14-16-5-3-2-4-6-16/h2-3,9,12,16-17H,4-8,10-11,13-15H2,1H3/t16-,17+/m0/s1. The highest BCUT2D eigenvalue weighted by Crippen LogP contribution is 2.56. The molecule has 4 rings (SSSR count). The lowest BCUT2D eigenvalue weighted by atomic mass is 9.89. The molecule has 1 saturated heterocycles. The third-order valence-electron chi connectivity index (χ3n) is 6.29. The molecule has 2 atom stereocenters. The van der Waals surface area contributed by atoms with E-state index in [0.29, 0.717) is 5.41 Å². The molecule has 3 aliphatic rings. The van der Waals surface area contributed by atoms with Gasteiger partial charge < -0.3 is 4.90 Å². The Kier molecular flexibility index (Phi) is 4.57. The lowest BCUT2D eigenvalue weighted by molar-refractivity contribution is 0.127. The van der Waals surface area contributed by atoms with Crippen LogP contribution in [0.3, 0.4) is 0 Å². The van der Waals surface area contributed by atoms with Gasteiger partial charge in [-0.3, -0.25) is 4.90 Å². The van der Waals surface area contributed by atoms with Gasteiger partial charge in [0.05, 0.1) is 6.54 Å². The molecule has 2 heterocycles. The molecule has 3 nitrogen and oxygen atoms in total. The van der Waals surface area contributed by atoms with Gasteiger partial charge in [0.15, 0.2) is 0 Å². The van der Waals surface area contributed by atoms with Gasteiger partial charge in [-0.25, -0.2) is 4.98 Å². The van der Waals surface area contributed by atoms with Crippen LogP contribution in [0, 0.1) is 11.3 Å². The van der Waals surface area contributed by atoms with Gasteiger partial charge in [-0.2, -0.15) is 0 Å². The van der Waals surface area contributed by atoms with E-state index in [9.17, 15) is 0 Å². The van der Waals surface area contributed by atoms with Crippen molar-refractivity contribution in [3.8, 4) is 0 Å². The molecule has 4 heteroatoms. The summed E-state index contributed by atoms with van der Waals surface area (Å²) in [6.07, 6.45) is 14.9. The largest absolute Gasteiger partial charge is 0.303 e. The van der Waals surface area contributed by atoms with Crippen LogP contribution < -0.4 is 0 Å². The Labute approximate surface area is 144 Å². The maximum Gasteiger partial charge on any atom is 0.107 e. The number of likely N-dealkylation sites (tertiary alicyclic amines) is 1. The van der Waals surface area contributed by atoms with Crippen molar-refractivity contribution >= 4 is 11.3 Å². The molecule has 0 aromatic carbocycles. The molecule has 0 N–H and O–H groups in total. The van der Waals surface area contributed by atoms with Crippen LogP contribution in [0.1, 0.15) is 43.5 Å². The average molecular weight is 332 g/mol. The van der Waals surface area contributed by atoms with Crippen LogP contribution in [0.2, 0.25) is 0 Å². The molecule has 23 heavy (non-hydrogen) atoms. The number of allylic oxidation sites excluding steroid dienone is 2. The number of hydrogen-bond acceptors (Lipinski definition) is 4. The summed E-state index contributed by atoms with van der Waals surface area (Å²) in [7, 11) is 2.29. The summed E-state index contributed by atoms with van der Waals surface area (Å²) in [5.74, 6) is 0.914. The predicted molar refractivity (Wildman–Crippen MR) is 96.6 cm³/mol. The fourth-order valence-electron chi connectivity index (χ4n) is 4.71. The maximum absolute atomic E-state index is 4.44. The van der Waals surface area contributed by atoms with Crippen molar-refractivity contribution in [2.45, 2.75) is 51.1 Å². The molecule has 1 spiro atoms. The van der Waals surface area contributed by atoms with Gasteiger partial charge in [-0.05, 0) is 70.0 Å². The Morgan fingerprint density at radius 2 is 2.22 bits per heavy atom. The molecular formula is C19H29N3S. The van der Waals surface area contributed by atoms with Crippen LogP contribution >= 0.6 is 11.3 Å². The SMILES string of the molecule is CN(Cc1nccs1)[C@@H]1CC12CCN(C[C@H]1CC=CCC1)CC2. The Morgan fingerprint density at radius 3 is 2.91 bits per heavy atom. The molecule has 2 fully saturated rings. The van der Waals surface area contributed by atoms with E-state index in [2.05, 4.69) is 39.4 Å². The second kappa shape index (κ2) is 6.66. The van der Waals surface area contributed by atoms with Gasteiger partial charge >= 0.3 is 0 Å². The first-order chi connectivity index (χ1) is 11.3. The van der Waals surface area contributed by atoms with Crippen LogP contribution in [0.25, 0.3) is 0 Å². The van der Waals surface area contributed by atoms with E-state index in [0.717, 1.165) is 18.5 Å². The van der Waals surface area contributed by atoms with E-state index in [1.54, 1.807) is 11.3 Å². The fourth-order valence-corrected chi connectivity index (χ4v) is 5.39. The van der Waals surface area contributed by atoms with Crippen molar-refractivity contribution in [3.63, 3.8) is 0 Å². The number of piperidine rings is 1. The fraction of sp³-hybridized carbons (Fsp3) is 0.737. The molecule has 1 saturated carbocycles. The van der Waals surface area contributed by atoms with Crippen LogP contribution in [-0.2, 0) is 6.54 Å². The average Bonchev–Trinajstić information content (AvgIpc) is 3.02. The zero-order valence-electron chi connectivity index (χ0n) is 14.3. The Morgan fingerprint density at radius 1 is 1.35 bits per heavy atom. The first kappa shape index (κ1) is 15.8. The zero-order chi connectivity index (χ0) is 15.7. The van der Waals surface area contributed by atoms with Crippen molar-refractivity contribution in [1.29, 1.82) is 0 Å². The lowest BCUT2D eigenvalue weighted by Gasteiger charge is -2.36. The topological polar surface area (TPSA) is 19.4 Å². The minimum Gasteiger partial charge on any atom is -0.303 e. The summed E-state index contributed by atoms with van der Waals surface area (Å²) >= 11 is 1.78. The molecular weight excluding hydrogens is 302 g/mol. The van der Waals surface area contributed by atoms with E-state index in [-0.39, 0.29) is 0 Å². The maximum atomic E-state index is 4.44. The quantitative estimate of drug-likeness (QED) is 0.765. The van der Waals surface area contributed by atoms with Crippen molar-refractivity contribution < 1.29 is 0 Å². The Balaban J connectivity index is 1.24. The Hall–Kier alpha value is -0.710.